The molecule has 31 heavy (non-hydrogen) atoms. The Morgan fingerprint density at radius 3 is 2.74 bits per heavy atom. The Hall–Kier alpha value is -3.03. The van der Waals surface area contributed by atoms with Gasteiger partial charge < -0.3 is 14.4 Å². The highest BCUT2D eigenvalue weighted by Crippen LogP contribution is 2.34. The number of thioether (sulfide) groups is 1. The van der Waals surface area contributed by atoms with Crippen molar-refractivity contribution in [1.82, 2.24) is 20.0 Å². The Bertz CT molecular complexity index is 1270. The smallest absolute Gasteiger partial charge is 0.257 e. The van der Waals surface area contributed by atoms with Crippen molar-refractivity contribution >= 4 is 29.3 Å². The lowest BCUT2D eigenvalue weighted by molar-refractivity contribution is 0.0949. The van der Waals surface area contributed by atoms with Gasteiger partial charge in [0.2, 0.25) is 0 Å². The number of nitrogens with one attached hydrogen (secondary N) is 1. The third-order valence-corrected chi connectivity index (χ3v) is 6.55. The first-order chi connectivity index (χ1) is 15.1. The molecule has 0 saturated carbocycles. The number of imidazole rings is 1. The Kier molecular flexibility index (Phi) is 5.29. The molecule has 8 heteroatoms. The van der Waals surface area contributed by atoms with Gasteiger partial charge in [0.1, 0.15) is 17.0 Å². The highest BCUT2D eigenvalue weighted by atomic mass is 35.5. The van der Waals surface area contributed by atoms with E-state index < -0.39 is 0 Å². The second-order valence-electron chi connectivity index (χ2n) is 7.18. The minimum atomic E-state index is -0.256. The summed E-state index contributed by atoms with van der Waals surface area (Å²) in [6.45, 7) is 2.95. The number of aromatic nitrogens is 3. The lowest BCUT2D eigenvalue weighted by Gasteiger charge is -2.10. The first-order valence-electron chi connectivity index (χ1n) is 9.90. The number of amides is 1. The molecule has 0 radical (unpaired) electrons. The van der Waals surface area contributed by atoms with E-state index in [1.54, 1.807) is 24.8 Å². The molecule has 5 rings (SSSR count). The van der Waals surface area contributed by atoms with Crippen LogP contribution in [0.15, 0.2) is 64.3 Å². The summed E-state index contributed by atoms with van der Waals surface area (Å²) in [6, 6.07) is 17.3. The number of nitrogens with zero attached hydrogens (tertiary/aromatic N) is 3. The molecule has 3 heterocycles. The van der Waals surface area contributed by atoms with E-state index in [9.17, 15) is 4.79 Å². The molecule has 1 aliphatic rings. The summed E-state index contributed by atoms with van der Waals surface area (Å²) in [5, 5.41) is 8.64. The van der Waals surface area contributed by atoms with Crippen LogP contribution >= 0.6 is 23.4 Å². The lowest BCUT2D eigenvalue weighted by atomic mass is 10.1. The quantitative estimate of drug-likeness (QED) is 0.452. The van der Waals surface area contributed by atoms with Crippen LogP contribution in [0.5, 0.6) is 0 Å². The molecule has 0 fully saturated rings. The molecule has 0 saturated heterocycles. The average Bonchev–Trinajstić information content (AvgIpc) is 3.48. The molecule has 0 bridgehead atoms. The zero-order chi connectivity index (χ0) is 21.4. The van der Waals surface area contributed by atoms with Gasteiger partial charge in [-0.3, -0.25) is 4.79 Å². The predicted molar refractivity (Wildman–Crippen MR) is 121 cm³/mol. The molecule has 0 unspecified atom stereocenters. The van der Waals surface area contributed by atoms with E-state index in [0.29, 0.717) is 34.1 Å². The molecular weight excluding hydrogens is 432 g/mol. The first-order valence-corrected chi connectivity index (χ1v) is 11.3. The topological polar surface area (TPSA) is 73.0 Å². The van der Waals surface area contributed by atoms with Crippen molar-refractivity contribution in [1.29, 1.82) is 0 Å². The highest BCUT2D eigenvalue weighted by Gasteiger charge is 2.26. The standard InChI is InChI=1S/C23H19ClN4O2S/c1-14-19(21(27-30-14)16-9-5-6-10-17(16)24)22(29)25-13-18-20(15-7-3-2-4-8-15)26-23-28(18)11-12-31-23/h2-10H,11-13H2,1H3,(H,25,29). The Morgan fingerprint density at radius 1 is 1.16 bits per heavy atom. The maximum absolute atomic E-state index is 13.2. The molecule has 156 valence electrons. The fourth-order valence-electron chi connectivity index (χ4n) is 3.77. The minimum Gasteiger partial charge on any atom is -0.360 e. The fourth-order valence-corrected chi connectivity index (χ4v) is 4.96. The highest BCUT2D eigenvalue weighted by molar-refractivity contribution is 7.99. The van der Waals surface area contributed by atoms with Crippen molar-refractivity contribution in [2.24, 2.45) is 0 Å². The average molecular weight is 451 g/mol. The molecule has 1 amide bonds. The van der Waals surface area contributed by atoms with Crippen LogP contribution in [0.25, 0.3) is 22.5 Å². The summed E-state index contributed by atoms with van der Waals surface area (Å²) in [6.07, 6.45) is 0. The first kappa shape index (κ1) is 19.9. The van der Waals surface area contributed by atoms with E-state index in [2.05, 4.69) is 15.0 Å². The van der Waals surface area contributed by atoms with Crippen LogP contribution in [0.2, 0.25) is 5.02 Å². The van der Waals surface area contributed by atoms with Crippen LogP contribution in [-0.4, -0.2) is 26.4 Å². The van der Waals surface area contributed by atoms with Gasteiger partial charge in [0.05, 0.1) is 23.0 Å². The number of fused-ring (bicyclic) bond motifs is 1. The summed E-state index contributed by atoms with van der Waals surface area (Å²) in [7, 11) is 0. The summed E-state index contributed by atoms with van der Waals surface area (Å²) >= 11 is 8.06. The number of hydrogen-bond donors (Lipinski definition) is 1. The van der Waals surface area contributed by atoms with Gasteiger partial charge >= 0.3 is 0 Å². The molecular formula is C23H19ClN4O2S. The second kappa shape index (κ2) is 8.24. The summed E-state index contributed by atoms with van der Waals surface area (Å²) < 4.78 is 7.52. The van der Waals surface area contributed by atoms with Gasteiger partial charge in [-0.15, -0.1) is 0 Å². The van der Waals surface area contributed by atoms with E-state index in [0.717, 1.165) is 34.4 Å². The molecule has 6 nitrogen and oxygen atoms in total. The number of carbonyl (C=O) groups excluding carboxylic acids is 1. The number of aryl methyl sites for hydroxylation is 1. The zero-order valence-electron chi connectivity index (χ0n) is 16.8. The van der Waals surface area contributed by atoms with Crippen LogP contribution < -0.4 is 5.32 Å². The number of carbonyl (C=O) groups is 1. The Labute approximate surface area is 188 Å². The van der Waals surface area contributed by atoms with E-state index in [1.165, 1.54) is 0 Å². The van der Waals surface area contributed by atoms with Gasteiger partial charge in [-0.05, 0) is 13.0 Å². The largest absolute Gasteiger partial charge is 0.360 e. The third kappa shape index (κ3) is 3.64. The van der Waals surface area contributed by atoms with Crippen LogP contribution in [0.1, 0.15) is 21.8 Å². The van der Waals surface area contributed by atoms with Crippen molar-refractivity contribution in [2.75, 3.05) is 5.75 Å². The van der Waals surface area contributed by atoms with Crippen molar-refractivity contribution in [3.63, 3.8) is 0 Å². The number of halogens is 1. The normalized spacial score (nSPS) is 12.7. The maximum Gasteiger partial charge on any atom is 0.257 e. The van der Waals surface area contributed by atoms with Crippen molar-refractivity contribution in [3.8, 4) is 22.5 Å². The van der Waals surface area contributed by atoms with Crippen molar-refractivity contribution in [2.45, 2.75) is 25.2 Å². The fraction of sp³-hybridized carbons (Fsp3) is 0.174. The van der Waals surface area contributed by atoms with E-state index >= 15 is 0 Å². The monoisotopic (exact) mass is 450 g/mol. The number of rotatable bonds is 5. The Balaban J connectivity index is 1.46. The zero-order valence-corrected chi connectivity index (χ0v) is 18.3. The van der Waals surface area contributed by atoms with E-state index in [-0.39, 0.29) is 5.91 Å². The van der Waals surface area contributed by atoms with Gasteiger partial charge in [-0.2, -0.15) is 0 Å². The molecule has 2 aromatic carbocycles. The maximum atomic E-state index is 13.2. The molecule has 2 aromatic heterocycles. The molecule has 0 atom stereocenters. The van der Waals surface area contributed by atoms with Gasteiger partial charge in [0.25, 0.3) is 5.91 Å². The van der Waals surface area contributed by atoms with Crippen molar-refractivity contribution in [3.05, 3.63) is 76.6 Å². The summed E-state index contributed by atoms with van der Waals surface area (Å²) in [4.78, 5) is 18.0. The molecule has 1 aliphatic heterocycles. The number of hydrogen-bond acceptors (Lipinski definition) is 5. The van der Waals surface area contributed by atoms with Crippen LogP contribution in [0.3, 0.4) is 0 Å². The van der Waals surface area contributed by atoms with Gasteiger partial charge in [-0.1, -0.05) is 77.1 Å². The van der Waals surface area contributed by atoms with Gasteiger partial charge in [0, 0.05) is 23.4 Å². The lowest BCUT2D eigenvalue weighted by Crippen LogP contribution is -2.25. The molecule has 4 aromatic rings. The SMILES string of the molecule is Cc1onc(-c2ccccc2Cl)c1C(=O)NCc1c(-c2ccccc2)nc2n1CCS2. The summed E-state index contributed by atoms with van der Waals surface area (Å²) in [5.74, 6) is 1.18. The number of benzene rings is 2. The van der Waals surface area contributed by atoms with E-state index in [1.807, 2.05) is 48.5 Å². The van der Waals surface area contributed by atoms with E-state index in [4.69, 9.17) is 21.1 Å². The van der Waals surface area contributed by atoms with Crippen molar-refractivity contribution < 1.29 is 9.32 Å². The molecule has 0 spiro atoms. The van der Waals surface area contributed by atoms with Gasteiger partial charge in [0.15, 0.2) is 5.16 Å². The van der Waals surface area contributed by atoms with Gasteiger partial charge in [-0.25, -0.2) is 4.98 Å². The van der Waals surface area contributed by atoms with Crippen LogP contribution in [0.4, 0.5) is 0 Å². The third-order valence-electron chi connectivity index (χ3n) is 5.27. The summed E-state index contributed by atoms with van der Waals surface area (Å²) in [5.41, 5.74) is 4.43. The second-order valence-corrected chi connectivity index (χ2v) is 8.65. The predicted octanol–water partition coefficient (Wildman–Crippen LogP) is 5.20. The van der Waals surface area contributed by atoms with Crippen LogP contribution in [0, 0.1) is 6.92 Å². The minimum absolute atomic E-state index is 0.256. The van der Waals surface area contributed by atoms with Crippen LogP contribution in [-0.2, 0) is 13.1 Å². The molecule has 1 N–H and O–H groups in total. The Morgan fingerprint density at radius 2 is 1.94 bits per heavy atom. The molecule has 0 aliphatic carbocycles.